The summed E-state index contributed by atoms with van der Waals surface area (Å²) in [5.74, 6) is -0.144. The van der Waals surface area contributed by atoms with E-state index in [4.69, 9.17) is 0 Å². The van der Waals surface area contributed by atoms with Crippen LogP contribution in [0.1, 0.15) is 135 Å². The van der Waals surface area contributed by atoms with Gasteiger partial charge in [-0.05, 0) is 44.7 Å². The number of rotatable bonds is 20. The van der Waals surface area contributed by atoms with Gasteiger partial charge >= 0.3 is 0 Å². The molecule has 0 saturated heterocycles. The fraction of sp³-hybridized carbons (Fsp3) is 0.735. The number of carbonyl (C=O) groups excluding carboxylic acids is 1. The predicted molar refractivity (Wildman–Crippen MR) is 165 cm³/mol. The van der Waals surface area contributed by atoms with E-state index in [2.05, 4.69) is 78.0 Å². The number of nitrogens with one attached hydrogen (secondary N) is 1. The van der Waals surface area contributed by atoms with Crippen LogP contribution in [-0.2, 0) is 16.8 Å². The molecule has 37 heavy (non-hydrogen) atoms. The van der Waals surface area contributed by atoms with Crippen LogP contribution in [0.2, 0.25) is 0 Å². The standard InChI is InChI=1S/C30H56N.C4H7NO/c1-7-9-10-11-12-13-14-15-16-17-18-19-20-23-27-31(5,6)30(3,4)29-26-22-21-25-28(29)24-8-2;1-3-4(6)5-2/h21-22,25-26H,7-20,23-24,27H2,1-6H3;3H,1H2,2H3,(H,5,6)/q+1;. The molecular weight excluding hydrogens is 452 g/mol. The van der Waals surface area contributed by atoms with Crippen LogP contribution in [0.25, 0.3) is 0 Å². The second-order valence-electron chi connectivity index (χ2n) is 11.8. The van der Waals surface area contributed by atoms with Crippen molar-refractivity contribution in [3.63, 3.8) is 0 Å². The van der Waals surface area contributed by atoms with Gasteiger partial charge in [0, 0.05) is 12.6 Å². The van der Waals surface area contributed by atoms with E-state index in [0.29, 0.717) is 0 Å². The molecule has 1 amide bonds. The van der Waals surface area contributed by atoms with Crippen LogP contribution in [0.15, 0.2) is 36.9 Å². The van der Waals surface area contributed by atoms with Crippen molar-refractivity contribution < 1.29 is 9.28 Å². The Kier molecular flexibility index (Phi) is 20.4. The molecule has 3 heteroatoms. The number of benzene rings is 1. The minimum absolute atomic E-state index is 0.144. The normalized spacial score (nSPS) is 11.5. The number of hydrogen-bond donors (Lipinski definition) is 1. The zero-order valence-electron chi connectivity index (χ0n) is 26.0. The van der Waals surface area contributed by atoms with E-state index in [1.165, 1.54) is 115 Å². The van der Waals surface area contributed by atoms with Crippen LogP contribution in [0.5, 0.6) is 0 Å². The lowest BCUT2D eigenvalue weighted by Gasteiger charge is -2.46. The van der Waals surface area contributed by atoms with Crippen molar-refractivity contribution in [2.24, 2.45) is 0 Å². The average Bonchev–Trinajstić information content (AvgIpc) is 2.89. The molecule has 0 aliphatic rings. The SMILES string of the molecule is C=CC(=O)NC.CCCCCCCCCCCCCCCC[N+](C)(C)C(C)(C)c1ccccc1CCC. The van der Waals surface area contributed by atoms with Gasteiger partial charge in [-0.15, -0.1) is 0 Å². The molecular formula is C34H63N2O+. The second kappa shape index (κ2) is 21.3. The number of unbranched alkanes of at least 4 members (excludes halogenated alkanes) is 13. The molecule has 0 saturated carbocycles. The van der Waals surface area contributed by atoms with Crippen molar-refractivity contribution in [2.75, 3.05) is 27.7 Å². The zero-order valence-corrected chi connectivity index (χ0v) is 26.0. The van der Waals surface area contributed by atoms with Gasteiger partial charge < -0.3 is 9.80 Å². The molecule has 0 unspecified atom stereocenters. The van der Waals surface area contributed by atoms with Gasteiger partial charge in [0.25, 0.3) is 0 Å². The molecule has 1 aromatic carbocycles. The molecule has 214 valence electrons. The van der Waals surface area contributed by atoms with Crippen molar-refractivity contribution >= 4 is 5.91 Å². The molecule has 0 fully saturated rings. The molecule has 0 bridgehead atoms. The van der Waals surface area contributed by atoms with Crippen LogP contribution >= 0.6 is 0 Å². The Morgan fingerprint density at radius 3 is 1.68 bits per heavy atom. The summed E-state index contributed by atoms with van der Waals surface area (Å²) in [6, 6.07) is 9.14. The number of carbonyl (C=O) groups is 1. The summed E-state index contributed by atoms with van der Waals surface area (Å²) in [6.45, 7) is 14.0. The Labute approximate surface area is 232 Å². The zero-order chi connectivity index (χ0) is 28.0. The third-order valence-electron chi connectivity index (χ3n) is 8.21. The van der Waals surface area contributed by atoms with Gasteiger partial charge in [-0.2, -0.15) is 0 Å². The number of aryl methyl sites for hydroxylation is 1. The summed E-state index contributed by atoms with van der Waals surface area (Å²) in [7, 11) is 6.43. The van der Waals surface area contributed by atoms with E-state index in [0.717, 1.165) is 4.48 Å². The highest BCUT2D eigenvalue weighted by molar-refractivity contribution is 5.86. The van der Waals surface area contributed by atoms with Crippen molar-refractivity contribution in [3.8, 4) is 0 Å². The summed E-state index contributed by atoms with van der Waals surface area (Å²) < 4.78 is 1.08. The molecule has 0 aliphatic carbocycles. The quantitative estimate of drug-likeness (QED) is 0.105. The van der Waals surface area contributed by atoms with Crippen molar-refractivity contribution in [1.82, 2.24) is 5.32 Å². The molecule has 0 heterocycles. The molecule has 0 aromatic heterocycles. The smallest absolute Gasteiger partial charge is 0.243 e. The van der Waals surface area contributed by atoms with Gasteiger partial charge in [-0.3, -0.25) is 4.79 Å². The van der Waals surface area contributed by atoms with E-state index < -0.39 is 0 Å². The first-order chi connectivity index (χ1) is 17.7. The van der Waals surface area contributed by atoms with Crippen LogP contribution in [0, 0.1) is 0 Å². The lowest BCUT2D eigenvalue weighted by molar-refractivity contribution is -0.945. The maximum absolute atomic E-state index is 9.95. The van der Waals surface area contributed by atoms with E-state index >= 15 is 0 Å². The molecule has 1 rings (SSSR count). The Hall–Kier alpha value is -1.61. The molecule has 0 aliphatic heterocycles. The van der Waals surface area contributed by atoms with Crippen LogP contribution in [-0.4, -0.2) is 38.1 Å². The van der Waals surface area contributed by atoms with Gasteiger partial charge in [-0.25, -0.2) is 0 Å². The molecule has 0 spiro atoms. The van der Waals surface area contributed by atoms with Crippen LogP contribution in [0.4, 0.5) is 0 Å². The largest absolute Gasteiger partial charge is 0.356 e. The van der Waals surface area contributed by atoms with Crippen molar-refractivity contribution in [3.05, 3.63) is 48.0 Å². The number of quaternary nitrogens is 1. The predicted octanol–water partition coefficient (Wildman–Crippen LogP) is 9.35. The highest BCUT2D eigenvalue weighted by Gasteiger charge is 2.38. The number of hydrogen-bond acceptors (Lipinski definition) is 1. The summed E-state index contributed by atoms with van der Waals surface area (Å²) in [5.41, 5.74) is 3.25. The molecule has 0 atom stereocenters. The number of likely N-dealkylation sites (N-methyl/N-ethyl adjacent to an activating group) is 1. The van der Waals surface area contributed by atoms with E-state index in [1.54, 1.807) is 18.2 Å². The first kappa shape index (κ1) is 35.4. The van der Waals surface area contributed by atoms with Gasteiger partial charge in [0.1, 0.15) is 5.54 Å². The van der Waals surface area contributed by atoms with E-state index in [-0.39, 0.29) is 11.4 Å². The minimum Gasteiger partial charge on any atom is -0.356 e. The molecule has 0 radical (unpaired) electrons. The van der Waals surface area contributed by atoms with Crippen LogP contribution < -0.4 is 5.32 Å². The Balaban J connectivity index is 0.00000192. The first-order valence-corrected chi connectivity index (χ1v) is 15.4. The van der Waals surface area contributed by atoms with Crippen LogP contribution in [0.3, 0.4) is 0 Å². The third-order valence-corrected chi connectivity index (χ3v) is 8.21. The monoisotopic (exact) mass is 515 g/mol. The second-order valence-corrected chi connectivity index (χ2v) is 11.8. The maximum Gasteiger partial charge on any atom is 0.243 e. The molecule has 1 aromatic rings. The minimum atomic E-state index is -0.144. The summed E-state index contributed by atoms with van der Waals surface area (Å²) >= 11 is 0. The van der Waals surface area contributed by atoms with Gasteiger partial charge in [-0.1, -0.05) is 128 Å². The van der Waals surface area contributed by atoms with Crippen molar-refractivity contribution in [2.45, 2.75) is 136 Å². The van der Waals surface area contributed by atoms with E-state index in [1.807, 2.05) is 0 Å². The Morgan fingerprint density at radius 1 is 0.811 bits per heavy atom. The highest BCUT2D eigenvalue weighted by atomic mass is 16.1. The lowest BCUT2D eigenvalue weighted by Crippen LogP contribution is -2.54. The fourth-order valence-electron chi connectivity index (χ4n) is 5.01. The van der Waals surface area contributed by atoms with Gasteiger partial charge in [0.15, 0.2) is 0 Å². The summed E-state index contributed by atoms with van der Waals surface area (Å²) in [4.78, 5) is 9.95. The fourth-order valence-corrected chi connectivity index (χ4v) is 5.01. The van der Waals surface area contributed by atoms with Crippen molar-refractivity contribution in [1.29, 1.82) is 0 Å². The highest BCUT2D eigenvalue weighted by Crippen LogP contribution is 2.35. The first-order valence-electron chi connectivity index (χ1n) is 15.4. The Bertz CT molecular complexity index is 708. The summed E-state index contributed by atoms with van der Waals surface area (Å²) in [6.07, 6.45) is 23.7. The van der Waals surface area contributed by atoms with Gasteiger partial charge in [0.2, 0.25) is 5.91 Å². The lowest BCUT2D eigenvalue weighted by atomic mass is 9.85. The average molecular weight is 516 g/mol. The summed E-state index contributed by atoms with van der Waals surface area (Å²) in [5, 5.41) is 2.36. The molecule has 3 nitrogen and oxygen atoms in total. The topological polar surface area (TPSA) is 29.1 Å². The third kappa shape index (κ3) is 15.4. The van der Waals surface area contributed by atoms with Gasteiger partial charge in [0.05, 0.1) is 20.6 Å². The maximum atomic E-state index is 9.95. The number of amides is 1. The van der Waals surface area contributed by atoms with E-state index in [9.17, 15) is 4.79 Å². The molecule has 1 N–H and O–H groups in total. The Morgan fingerprint density at radius 2 is 1.27 bits per heavy atom. The number of nitrogens with zero attached hydrogens (tertiary/aromatic N) is 1.